The monoisotopic (exact) mass is 231 g/mol. The van der Waals surface area contributed by atoms with E-state index in [9.17, 15) is 0 Å². The Balaban J connectivity index is 2.81. The van der Waals surface area contributed by atoms with Gasteiger partial charge in [0.05, 0.1) is 6.16 Å². The van der Waals surface area contributed by atoms with Crippen molar-refractivity contribution in [1.82, 2.24) is 0 Å². The van der Waals surface area contributed by atoms with Crippen LogP contribution in [-0.4, -0.2) is 12.8 Å². The predicted octanol–water partition coefficient (Wildman–Crippen LogP) is 5.34. The largest absolute Gasteiger partial charge is 0.0654 e. The molecule has 0 rings (SSSR count). The van der Waals surface area contributed by atoms with Crippen molar-refractivity contribution < 1.29 is 0 Å². The van der Waals surface area contributed by atoms with Crippen molar-refractivity contribution in [3.8, 4) is 0 Å². The Morgan fingerprint density at radius 3 is 1.40 bits per heavy atom. The zero-order valence-corrected chi connectivity index (χ0v) is 12.2. The van der Waals surface area contributed by atoms with Gasteiger partial charge in [-0.15, -0.1) is 0 Å². The Kier molecular flexibility index (Phi) is 14.8. The molecule has 0 N–H and O–H groups in total. The quantitative estimate of drug-likeness (QED) is 0.314. The molecule has 15 heavy (non-hydrogen) atoms. The second kappa shape index (κ2) is 14.4. The molecule has 0 aliphatic carbocycles. The Labute approximate surface area is 99.4 Å². The van der Waals surface area contributed by atoms with Crippen LogP contribution in [0.1, 0.15) is 77.6 Å². The first kappa shape index (κ1) is 15.4. The Morgan fingerprint density at radius 1 is 0.600 bits per heavy atom. The van der Waals surface area contributed by atoms with Gasteiger partial charge in [-0.25, -0.2) is 0 Å². The molecule has 0 spiro atoms. The highest BCUT2D eigenvalue weighted by atomic mass is 31.1. The van der Waals surface area contributed by atoms with Crippen LogP contribution in [0.4, 0.5) is 0 Å². The van der Waals surface area contributed by atoms with Gasteiger partial charge in [0.1, 0.15) is 0 Å². The third-order valence-corrected chi connectivity index (χ3v) is 4.08. The van der Waals surface area contributed by atoms with Crippen LogP contribution in [0.2, 0.25) is 0 Å². The smallest absolute Gasteiger partial charge is 0.0546 e. The molecule has 0 aliphatic rings. The van der Waals surface area contributed by atoms with E-state index in [1.54, 1.807) is 0 Å². The average Bonchev–Trinajstić information content (AvgIpc) is 2.26. The van der Waals surface area contributed by atoms with Crippen molar-refractivity contribution in [3.05, 3.63) is 0 Å². The topological polar surface area (TPSA) is 0 Å². The third-order valence-electron chi connectivity index (χ3n) is 3.10. The summed E-state index contributed by atoms with van der Waals surface area (Å²) >= 11 is 0. The highest BCUT2D eigenvalue weighted by Crippen LogP contribution is 2.13. The fraction of sp³-hybridized carbons (Fsp3) is 1.00. The van der Waals surface area contributed by atoms with Gasteiger partial charge in [-0.1, -0.05) is 64.7 Å². The normalized spacial score (nSPS) is 11.6. The van der Waals surface area contributed by atoms with E-state index in [0.29, 0.717) is 0 Å². The highest BCUT2D eigenvalue weighted by molar-refractivity contribution is 7.36. The lowest BCUT2D eigenvalue weighted by atomic mass is 10.1. The van der Waals surface area contributed by atoms with Crippen molar-refractivity contribution in [2.24, 2.45) is 0 Å². The second-order valence-electron chi connectivity index (χ2n) is 4.73. The number of hydrogen-bond donors (Lipinski definition) is 0. The summed E-state index contributed by atoms with van der Waals surface area (Å²) in [6.07, 6.45) is 17.7. The lowest BCUT2D eigenvalue weighted by molar-refractivity contribution is 0.555. The molecule has 0 heterocycles. The molecule has 0 aromatic carbocycles. The van der Waals surface area contributed by atoms with E-state index in [4.69, 9.17) is 0 Å². The summed E-state index contributed by atoms with van der Waals surface area (Å²) in [6, 6.07) is 0. The lowest BCUT2D eigenvalue weighted by Gasteiger charge is -2.01. The van der Waals surface area contributed by atoms with Crippen molar-refractivity contribution in [1.29, 1.82) is 0 Å². The first-order chi connectivity index (χ1) is 7.41. The molecule has 1 unspecified atom stereocenters. The van der Waals surface area contributed by atoms with Crippen molar-refractivity contribution in [3.63, 3.8) is 0 Å². The van der Waals surface area contributed by atoms with E-state index in [-0.39, 0.29) is 0 Å². The zero-order valence-electron chi connectivity index (χ0n) is 11.1. The maximum atomic E-state index is 2.37. The summed E-state index contributed by atoms with van der Waals surface area (Å²) in [5, 5.41) is 0. The van der Waals surface area contributed by atoms with Crippen LogP contribution in [0.3, 0.4) is 0 Å². The molecule has 0 amide bonds. The number of rotatable bonds is 12. The first-order valence-corrected chi connectivity index (χ1v) is 9.16. The molecule has 0 aromatic rings. The summed E-state index contributed by atoms with van der Waals surface area (Å²) < 4.78 is 0. The van der Waals surface area contributed by atoms with Gasteiger partial charge in [-0.2, -0.15) is 0 Å². The predicted molar refractivity (Wildman–Crippen MR) is 77.0 cm³/mol. The second-order valence-corrected chi connectivity index (χ2v) is 6.13. The Hall–Kier alpha value is 0.430. The van der Waals surface area contributed by atoms with Gasteiger partial charge in [-0.3, -0.25) is 0 Å². The van der Waals surface area contributed by atoms with Gasteiger partial charge in [0, 0.05) is 6.66 Å². The third kappa shape index (κ3) is 14.4. The first-order valence-electron chi connectivity index (χ1n) is 7.19. The minimum absolute atomic E-state index is 0.764. The number of unbranched alkanes of at least 4 members (excludes halogenated alkanes) is 10. The highest BCUT2D eigenvalue weighted by Gasteiger charge is 1.93. The molecule has 0 aromatic heterocycles. The van der Waals surface area contributed by atoms with E-state index in [1.807, 2.05) is 0 Å². The standard InChI is InChI=1S/C14H31P/c1-3-4-5-6-7-8-9-10-11-12-13-14-15-2/h15H,3-14H2,1-2H3/p+1. The molecule has 0 aliphatic heterocycles. The van der Waals surface area contributed by atoms with E-state index >= 15 is 0 Å². The van der Waals surface area contributed by atoms with Crippen LogP contribution < -0.4 is 0 Å². The Morgan fingerprint density at radius 2 is 1.00 bits per heavy atom. The molecular weight excluding hydrogens is 199 g/mol. The van der Waals surface area contributed by atoms with E-state index < -0.39 is 0 Å². The summed E-state index contributed by atoms with van der Waals surface area (Å²) in [6.45, 7) is 4.66. The summed E-state index contributed by atoms with van der Waals surface area (Å²) in [7, 11) is 0.764. The Bertz CT molecular complexity index is 89.5. The van der Waals surface area contributed by atoms with Crippen LogP contribution in [0, 0.1) is 0 Å². The summed E-state index contributed by atoms with van der Waals surface area (Å²) in [5.74, 6) is 0. The van der Waals surface area contributed by atoms with Crippen LogP contribution in [0.25, 0.3) is 0 Å². The summed E-state index contributed by atoms with van der Waals surface area (Å²) in [4.78, 5) is 0. The molecule has 0 nitrogen and oxygen atoms in total. The maximum Gasteiger partial charge on any atom is 0.0546 e. The molecule has 1 atom stereocenters. The van der Waals surface area contributed by atoms with E-state index in [1.165, 1.54) is 76.8 Å². The van der Waals surface area contributed by atoms with E-state index in [2.05, 4.69) is 13.6 Å². The van der Waals surface area contributed by atoms with Crippen LogP contribution in [-0.2, 0) is 0 Å². The van der Waals surface area contributed by atoms with Crippen molar-refractivity contribution in [2.45, 2.75) is 77.6 Å². The van der Waals surface area contributed by atoms with Crippen LogP contribution in [0.5, 0.6) is 0 Å². The summed E-state index contributed by atoms with van der Waals surface area (Å²) in [5.41, 5.74) is 0. The van der Waals surface area contributed by atoms with Gasteiger partial charge >= 0.3 is 0 Å². The van der Waals surface area contributed by atoms with Gasteiger partial charge in [-0.05, 0) is 21.4 Å². The lowest BCUT2D eigenvalue weighted by Crippen LogP contribution is -1.82. The molecule has 0 bridgehead atoms. The zero-order chi connectivity index (χ0) is 11.2. The fourth-order valence-corrected chi connectivity index (χ4v) is 2.71. The minimum atomic E-state index is 0.764. The molecule has 0 saturated carbocycles. The molecule has 1 heteroatoms. The maximum absolute atomic E-state index is 2.37. The average molecular weight is 231 g/mol. The molecule has 92 valence electrons. The van der Waals surface area contributed by atoms with Gasteiger partial charge in [0.15, 0.2) is 0 Å². The molecule has 0 radical (unpaired) electrons. The van der Waals surface area contributed by atoms with Gasteiger partial charge < -0.3 is 0 Å². The molecular formula is C14H32P+. The fourth-order valence-electron chi connectivity index (χ4n) is 2.01. The van der Waals surface area contributed by atoms with Gasteiger partial charge in [0.2, 0.25) is 0 Å². The van der Waals surface area contributed by atoms with E-state index in [0.717, 1.165) is 8.58 Å². The number of hydrogen-bond acceptors (Lipinski definition) is 0. The molecule has 0 fully saturated rings. The van der Waals surface area contributed by atoms with Crippen LogP contribution >= 0.6 is 8.58 Å². The van der Waals surface area contributed by atoms with Crippen molar-refractivity contribution >= 4 is 8.58 Å². The SMILES string of the molecule is CCCCCCCCCCCCC[PH2+]C. The minimum Gasteiger partial charge on any atom is -0.0654 e. The van der Waals surface area contributed by atoms with Crippen molar-refractivity contribution in [2.75, 3.05) is 12.8 Å². The van der Waals surface area contributed by atoms with Gasteiger partial charge in [0.25, 0.3) is 0 Å². The van der Waals surface area contributed by atoms with Crippen LogP contribution in [0.15, 0.2) is 0 Å². The molecule has 0 saturated heterocycles.